The first-order chi connectivity index (χ1) is 14.7. The van der Waals surface area contributed by atoms with Crippen molar-refractivity contribution in [3.05, 3.63) is 34.7 Å². The van der Waals surface area contributed by atoms with Crippen molar-refractivity contribution in [2.24, 2.45) is 5.92 Å². The minimum atomic E-state index is -0.00827. The van der Waals surface area contributed by atoms with Crippen LogP contribution in [-0.4, -0.2) is 45.6 Å². The third-order valence-electron chi connectivity index (χ3n) is 6.88. The fraction of sp³-hybridized carbons (Fsp3) is 0.667. The molecule has 1 aliphatic carbocycles. The van der Waals surface area contributed by atoms with Crippen LogP contribution in [-0.2, 0) is 17.9 Å². The highest BCUT2D eigenvalue weighted by atomic mass is 16.2. The van der Waals surface area contributed by atoms with Crippen LogP contribution in [0.25, 0.3) is 11.0 Å². The molecule has 2 heterocycles. The smallest absolute Gasteiger partial charge is 0.329 e. The monoisotopic (exact) mass is 412 g/mol. The van der Waals surface area contributed by atoms with Crippen LogP contribution in [0.15, 0.2) is 29.1 Å². The molecule has 164 valence electrons. The Bertz CT molecular complexity index is 902. The fourth-order valence-corrected chi connectivity index (χ4v) is 5.26. The van der Waals surface area contributed by atoms with E-state index in [0.29, 0.717) is 19.5 Å². The summed E-state index contributed by atoms with van der Waals surface area (Å²) in [5.41, 5.74) is 1.87. The fourth-order valence-electron chi connectivity index (χ4n) is 5.26. The zero-order valence-corrected chi connectivity index (χ0v) is 18.3. The number of fused-ring (bicyclic) bond motifs is 1. The van der Waals surface area contributed by atoms with Crippen molar-refractivity contribution in [3.63, 3.8) is 0 Å². The highest BCUT2D eigenvalue weighted by Gasteiger charge is 2.24. The van der Waals surface area contributed by atoms with E-state index < -0.39 is 0 Å². The minimum Gasteiger partial charge on any atom is -0.353 e. The maximum absolute atomic E-state index is 12.8. The van der Waals surface area contributed by atoms with Crippen molar-refractivity contribution in [2.45, 2.75) is 77.4 Å². The molecular weight excluding hydrogens is 376 g/mol. The molecule has 6 heteroatoms. The Kier molecular flexibility index (Phi) is 6.93. The molecule has 1 saturated carbocycles. The predicted molar refractivity (Wildman–Crippen MR) is 121 cm³/mol. The second-order valence-electron chi connectivity index (χ2n) is 9.12. The third kappa shape index (κ3) is 4.80. The molecule has 4 rings (SSSR count). The lowest BCUT2D eigenvalue weighted by molar-refractivity contribution is -0.122. The van der Waals surface area contributed by atoms with Crippen LogP contribution in [0, 0.1) is 5.92 Å². The van der Waals surface area contributed by atoms with E-state index in [1.54, 1.807) is 4.57 Å². The summed E-state index contributed by atoms with van der Waals surface area (Å²) in [6.07, 6.45) is 8.92. The summed E-state index contributed by atoms with van der Waals surface area (Å²) in [7, 11) is 0. The molecule has 2 fully saturated rings. The second-order valence-corrected chi connectivity index (χ2v) is 9.12. The molecule has 0 atom stereocenters. The Morgan fingerprint density at radius 2 is 1.63 bits per heavy atom. The molecule has 0 unspecified atom stereocenters. The maximum atomic E-state index is 12.8. The van der Waals surface area contributed by atoms with Crippen LogP contribution < -0.4 is 11.0 Å². The molecule has 0 radical (unpaired) electrons. The summed E-state index contributed by atoms with van der Waals surface area (Å²) in [4.78, 5) is 28.0. The lowest BCUT2D eigenvalue weighted by Gasteiger charge is -2.33. The Hall–Kier alpha value is -2.08. The normalized spacial score (nSPS) is 19.0. The number of para-hydroxylation sites is 2. The van der Waals surface area contributed by atoms with Gasteiger partial charge in [0.25, 0.3) is 0 Å². The van der Waals surface area contributed by atoms with Gasteiger partial charge in [-0.15, -0.1) is 0 Å². The molecular formula is C24H36N4O2. The summed E-state index contributed by atoms with van der Waals surface area (Å²) in [6.45, 7) is 6.63. The number of likely N-dealkylation sites (tertiary alicyclic amines) is 1. The van der Waals surface area contributed by atoms with Gasteiger partial charge in [0.2, 0.25) is 5.91 Å². The molecule has 1 saturated heterocycles. The number of benzene rings is 1. The number of carbonyl (C=O) groups excluding carboxylic acids is 1. The molecule has 1 aromatic heterocycles. The van der Waals surface area contributed by atoms with E-state index in [4.69, 9.17) is 0 Å². The van der Waals surface area contributed by atoms with Gasteiger partial charge in [0.05, 0.1) is 11.0 Å². The number of imidazole rings is 1. The number of carbonyl (C=O) groups is 1. The molecule has 1 N–H and O–H groups in total. The van der Waals surface area contributed by atoms with Gasteiger partial charge < -0.3 is 10.2 Å². The first-order valence-corrected chi connectivity index (χ1v) is 11.9. The zero-order chi connectivity index (χ0) is 20.9. The Balaban J connectivity index is 1.28. The zero-order valence-electron chi connectivity index (χ0n) is 18.3. The third-order valence-corrected chi connectivity index (χ3v) is 6.88. The maximum Gasteiger partial charge on any atom is 0.329 e. The van der Waals surface area contributed by atoms with E-state index in [1.807, 2.05) is 28.8 Å². The molecule has 6 nitrogen and oxygen atoms in total. The quantitative estimate of drug-likeness (QED) is 0.723. The van der Waals surface area contributed by atoms with Gasteiger partial charge >= 0.3 is 5.69 Å². The first-order valence-electron chi connectivity index (χ1n) is 11.9. The van der Waals surface area contributed by atoms with Crippen molar-refractivity contribution >= 4 is 16.9 Å². The molecule has 0 bridgehead atoms. The average Bonchev–Trinajstić information content (AvgIpc) is 3.35. The second kappa shape index (κ2) is 9.82. The van der Waals surface area contributed by atoms with Crippen molar-refractivity contribution in [1.29, 1.82) is 0 Å². The van der Waals surface area contributed by atoms with Gasteiger partial charge in [-0.05, 0) is 50.2 Å². The van der Waals surface area contributed by atoms with Gasteiger partial charge in [0.15, 0.2) is 0 Å². The van der Waals surface area contributed by atoms with E-state index >= 15 is 0 Å². The standard InChI is InChI=1S/C24H36N4O2/c1-2-14-27-21-9-5-6-10-22(21)28(24(27)30)17-13-23(29)25-20-11-15-26(16-12-20)18-19-7-3-4-8-19/h5-6,9-10,19-20H,2-4,7-8,11-18H2,1H3,(H,25,29). The van der Waals surface area contributed by atoms with Gasteiger partial charge in [0, 0.05) is 45.2 Å². The van der Waals surface area contributed by atoms with Crippen LogP contribution in [0.1, 0.15) is 58.3 Å². The van der Waals surface area contributed by atoms with E-state index in [0.717, 1.165) is 49.3 Å². The minimum absolute atomic E-state index is 0.00827. The van der Waals surface area contributed by atoms with Crippen LogP contribution in [0.3, 0.4) is 0 Å². The largest absolute Gasteiger partial charge is 0.353 e. The van der Waals surface area contributed by atoms with Crippen molar-refractivity contribution in [3.8, 4) is 0 Å². The lowest BCUT2D eigenvalue weighted by Crippen LogP contribution is -2.45. The van der Waals surface area contributed by atoms with Gasteiger partial charge in [-0.1, -0.05) is 31.9 Å². The highest BCUT2D eigenvalue weighted by molar-refractivity contribution is 5.78. The molecule has 1 aliphatic heterocycles. The molecule has 0 spiro atoms. The molecule has 30 heavy (non-hydrogen) atoms. The lowest BCUT2D eigenvalue weighted by atomic mass is 10.0. The van der Waals surface area contributed by atoms with Crippen LogP contribution >= 0.6 is 0 Å². The van der Waals surface area contributed by atoms with Crippen molar-refractivity contribution < 1.29 is 4.79 Å². The number of piperidine rings is 1. The number of nitrogens with zero attached hydrogens (tertiary/aromatic N) is 3. The summed E-state index contributed by atoms with van der Waals surface area (Å²) in [5, 5.41) is 3.22. The number of hydrogen-bond acceptors (Lipinski definition) is 3. The summed E-state index contributed by atoms with van der Waals surface area (Å²) < 4.78 is 3.59. The molecule has 1 aromatic carbocycles. The number of rotatable bonds is 8. The molecule has 2 aromatic rings. The van der Waals surface area contributed by atoms with Gasteiger partial charge in [-0.25, -0.2) is 4.79 Å². The van der Waals surface area contributed by atoms with E-state index in [9.17, 15) is 9.59 Å². The Morgan fingerprint density at radius 1 is 1.00 bits per heavy atom. The summed E-state index contributed by atoms with van der Waals surface area (Å²) in [5.74, 6) is 0.952. The number of hydrogen-bond donors (Lipinski definition) is 1. The van der Waals surface area contributed by atoms with E-state index in [1.165, 1.54) is 32.2 Å². The molecule has 2 aliphatic rings. The topological polar surface area (TPSA) is 59.3 Å². The van der Waals surface area contributed by atoms with Crippen LogP contribution in [0.5, 0.6) is 0 Å². The van der Waals surface area contributed by atoms with Crippen molar-refractivity contribution in [1.82, 2.24) is 19.4 Å². The van der Waals surface area contributed by atoms with Gasteiger partial charge in [-0.2, -0.15) is 0 Å². The number of nitrogens with one attached hydrogen (secondary N) is 1. The number of aromatic nitrogens is 2. The van der Waals surface area contributed by atoms with Crippen molar-refractivity contribution in [2.75, 3.05) is 19.6 Å². The SMILES string of the molecule is CCCn1c(=O)n(CCC(=O)NC2CCN(CC3CCCC3)CC2)c2ccccc21. The number of amides is 1. The Labute approximate surface area is 179 Å². The first kappa shape index (κ1) is 21.2. The summed E-state index contributed by atoms with van der Waals surface area (Å²) >= 11 is 0. The highest BCUT2D eigenvalue weighted by Crippen LogP contribution is 2.26. The van der Waals surface area contributed by atoms with Gasteiger partial charge in [0.1, 0.15) is 0 Å². The predicted octanol–water partition coefficient (Wildman–Crippen LogP) is 3.37. The van der Waals surface area contributed by atoms with E-state index in [2.05, 4.69) is 17.1 Å². The average molecular weight is 413 g/mol. The summed E-state index contributed by atoms with van der Waals surface area (Å²) in [6, 6.07) is 8.15. The van der Waals surface area contributed by atoms with Crippen LogP contribution in [0.4, 0.5) is 0 Å². The van der Waals surface area contributed by atoms with E-state index in [-0.39, 0.29) is 17.6 Å². The molecule has 1 amide bonds. The van der Waals surface area contributed by atoms with Crippen LogP contribution in [0.2, 0.25) is 0 Å². The number of aryl methyl sites for hydroxylation is 2. The van der Waals surface area contributed by atoms with Gasteiger partial charge in [-0.3, -0.25) is 13.9 Å². The Morgan fingerprint density at radius 3 is 2.27 bits per heavy atom.